The number of aromatic hydroxyl groups is 1. The Morgan fingerprint density at radius 3 is 2.35 bits per heavy atom. The van der Waals surface area contributed by atoms with Gasteiger partial charge in [-0.3, -0.25) is 4.79 Å². The fourth-order valence-corrected chi connectivity index (χ4v) is 2.41. The van der Waals surface area contributed by atoms with E-state index in [9.17, 15) is 9.90 Å². The number of nitrogens with one attached hydrogen (secondary N) is 1. The maximum atomic E-state index is 12.0. The van der Waals surface area contributed by atoms with Crippen LogP contribution >= 0.6 is 0 Å². The van der Waals surface area contributed by atoms with E-state index in [-0.39, 0.29) is 22.8 Å². The predicted octanol–water partition coefficient (Wildman–Crippen LogP) is 2.43. The number of aromatic amines is 1. The zero-order chi connectivity index (χ0) is 12.6. The van der Waals surface area contributed by atoms with Gasteiger partial charge in [-0.2, -0.15) is 4.98 Å². The Labute approximate surface area is 101 Å². The summed E-state index contributed by atoms with van der Waals surface area (Å²) < 4.78 is 0. The van der Waals surface area contributed by atoms with E-state index >= 15 is 0 Å². The van der Waals surface area contributed by atoms with Crippen LogP contribution in [0.4, 0.5) is 0 Å². The van der Waals surface area contributed by atoms with Crippen molar-refractivity contribution in [2.75, 3.05) is 0 Å². The monoisotopic (exact) mass is 236 g/mol. The van der Waals surface area contributed by atoms with Gasteiger partial charge in [-0.25, -0.2) is 0 Å². The van der Waals surface area contributed by atoms with Crippen LogP contribution in [0.1, 0.15) is 63.8 Å². The molecule has 94 valence electrons. The molecular weight excluding hydrogens is 216 g/mol. The van der Waals surface area contributed by atoms with Crippen LogP contribution in [0.15, 0.2) is 4.79 Å². The molecule has 1 aromatic heterocycles. The number of nitrogens with zero attached hydrogens (tertiary/aromatic N) is 1. The molecule has 0 saturated heterocycles. The highest BCUT2D eigenvalue weighted by atomic mass is 16.3. The summed E-state index contributed by atoms with van der Waals surface area (Å²) in [6.07, 6.45) is 4.22. The van der Waals surface area contributed by atoms with Gasteiger partial charge in [0.2, 0.25) is 5.88 Å². The summed E-state index contributed by atoms with van der Waals surface area (Å²) in [5, 5.41) is 9.96. The quantitative estimate of drug-likeness (QED) is 0.787. The topological polar surface area (TPSA) is 66.0 Å². The summed E-state index contributed by atoms with van der Waals surface area (Å²) in [6, 6.07) is 0. The van der Waals surface area contributed by atoms with Gasteiger partial charge < -0.3 is 10.1 Å². The maximum absolute atomic E-state index is 12.0. The lowest BCUT2D eigenvalue weighted by atomic mass is 9.94. The van der Waals surface area contributed by atoms with Crippen molar-refractivity contribution in [3.63, 3.8) is 0 Å². The first-order valence-corrected chi connectivity index (χ1v) is 6.23. The summed E-state index contributed by atoms with van der Waals surface area (Å²) in [4.78, 5) is 19.0. The number of hydrogen-bond donors (Lipinski definition) is 2. The summed E-state index contributed by atoms with van der Waals surface area (Å²) in [5.74, 6) is 0.646. The Morgan fingerprint density at radius 2 is 1.88 bits per heavy atom. The van der Waals surface area contributed by atoms with E-state index in [2.05, 4.69) is 9.97 Å². The van der Waals surface area contributed by atoms with Crippen molar-refractivity contribution < 1.29 is 5.11 Å². The lowest BCUT2D eigenvalue weighted by Crippen LogP contribution is -2.25. The van der Waals surface area contributed by atoms with Crippen LogP contribution in [0.5, 0.6) is 5.88 Å². The smallest absolute Gasteiger partial charge is 0.258 e. The Kier molecular flexibility index (Phi) is 2.98. The molecule has 1 aromatic rings. The van der Waals surface area contributed by atoms with E-state index in [0.717, 1.165) is 25.7 Å². The number of H-pyrrole nitrogens is 1. The summed E-state index contributed by atoms with van der Waals surface area (Å²) in [7, 11) is 0. The van der Waals surface area contributed by atoms with Gasteiger partial charge in [-0.15, -0.1) is 0 Å². The minimum Gasteiger partial charge on any atom is -0.493 e. The fourth-order valence-electron chi connectivity index (χ4n) is 2.41. The molecule has 17 heavy (non-hydrogen) atoms. The molecule has 0 bridgehead atoms. The largest absolute Gasteiger partial charge is 0.493 e. The first kappa shape index (κ1) is 12.1. The lowest BCUT2D eigenvalue weighted by Gasteiger charge is -2.19. The predicted molar refractivity (Wildman–Crippen MR) is 66.4 cm³/mol. The van der Waals surface area contributed by atoms with Gasteiger partial charge in [-0.1, -0.05) is 33.6 Å². The molecule has 1 heterocycles. The third kappa shape index (κ3) is 2.35. The van der Waals surface area contributed by atoms with Crippen molar-refractivity contribution in [1.29, 1.82) is 0 Å². The first-order valence-electron chi connectivity index (χ1n) is 6.23. The second-order valence-electron chi connectivity index (χ2n) is 5.88. The molecule has 4 heteroatoms. The van der Waals surface area contributed by atoms with Gasteiger partial charge in [0.25, 0.3) is 5.56 Å². The third-order valence-corrected chi connectivity index (χ3v) is 3.41. The van der Waals surface area contributed by atoms with Crippen molar-refractivity contribution >= 4 is 0 Å². The van der Waals surface area contributed by atoms with Crippen LogP contribution < -0.4 is 5.56 Å². The van der Waals surface area contributed by atoms with Gasteiger partial charge in [0, 0.05) is 5.41 Å². The molecule has 0 spiro atoms. The minimum absolute atomic E-state index is 0.0782. The molecule has 1 aliphatic rings. The average Bonchev–Trinajstić information content (AvgIpc) is 2.68. The lowest BCUT2D eigenvalue weighted by molar-refractivity contribution is 0.420. The standard InChI is InChI=1S/C13H20N2O2/c1-13(2,3)12-14-10(16)9(11(17)15-12)8-6-4-5-7-8/h8H,4-7H2,1-3H3,(H2,14,15,16,17). The highest BCUT2D eigenvalue weighted by molar-refractivity contribution is 5.28. The molecule has 1 fully saturated rings. The third-order valence-electron chi connectivity index (χ3n) is 3.41. The molecule has 4 nitrogen and oxygen atoms in total. The molecule has 1 saturated carbocycles. The van der Waals surface area contributed by atoms with E-state index in [1.54, 1.807) is 0 Å². The molecule has 2 N–H and O–H groups in total. The van der Waals surface area contributed by atoms with Crippen molar-refractivity contribution in [2.24, 2.45) is 0 Å². The first-order chi connectivity index (χ1) is 7.89. The van der Waals surface area contributed by atoms with Crippen LogP contribution in [0.2, 0.25) is 0 Å². The maximum Gasteiger partial charge on any atom is 0.258 e. The number of aromatic nitrogens is 2. The van der Waals surface area contributed by atoms with Gasteiger partial charge >= 0.3 is 0 Å². The van der Waals surface area contributed by atoms with E-state index in [1.807, 2.05) is 20.8 Å². The Morgan fingerprint density at radius 1 is 1.29 bits per heavy atom. The molecule has 0 radical (unpaired) electrons. The van der Waals surface area contributed by atoms with Gasteiger partial charge in [-0.05, 0) is 18.8 Å². The Hall–Kier alpha value is -1.32. The van der Waals surface area contributed by atoms with Gasteiger partial charge in [0.1, 0.15) is 5.82 Å². The summed E-state index contributed by atoms with van der Waals surface area (Å²) in [5.41, 5.74) is 0.0509. The number of rotatable bonds is 1. The van der Waals surface area contributed by atoms with E-state index in [1.165, 1.54) is 0 Å². The van der Waals surface area contributed by atoms with Gasteiger partial charge in [0.05, 0.1) is 5.56 Å². The molecule has 0 aliphatic heterocycles. The second kappa shape index (κ2) is 4.17. The second-order valence-corrected chi connectivity index (χ2v) is 5.88. The molecular formula is C13H20N2O2. The normalized spacial score (nSPS) is 17.6. The SMILES string of the molecule is CC(C)(C)c1nc(O)c(C2CCCC2)c(=O)[nH]1. The Bertz CT molecular complexity index is 465. The molecule has 0 aromatic carbocycles. The van der Waals surface area contributed by atoms with Crippen LogP contribution in [0.3, 0.4) is 0 Å². The van der Waals surface area contributed by atoms with Crippen molar-refractivity contribution in [3.8, 4) is 5.88 Å². The van der Waals surface area contributed by atoms with Crippen LogP contribution in [-0.4, -0.2) is 15.1 Å². The van der Waals surface area contributed by atoms with E-state index in [4.69, 9.17) is 0 Å². The minimum atomic E-state index is -0.259. The van der Waals surface area contributed by atoms with Crippen molar-refractivity contribution in [1.82, 2.24) is 9.97 Å². The Balaban J connectivity index is 2.46. The number of hydrogen-bond acceptors (Lipinski definition) is 3. The van der Waals surface area contributed by atoms with E-state index < -0.39 is 0 Å². The van der Waals surface area contributed by atoms with Crippen molar-refractivity contribution in [3.05, 3.63) is 21.7 Å². The summed E-state index contributed by atoms with van der Waals surface area (Å²) in [6.45, 7) is 5.87. The van der Waals surface area contributed by atoms with Crippen LogP contribution in [0.25, 0.3) is 0 Å². The molecule has 0 atom stereocenters. The molecule has 1 aliphatic carbocycles. The highest BCUT2D eigenvalue weighted by Crippen LogP contribution is 2.35. The summed E-state index contributed by atoms with van der Waals surface area (Å²) >= 11 is 0. The van der Waals surface area contributed by atoms with Crippen LogP contribution in [0, 0.1) is 0 Å². The van der Waals surface area contributed by atoms with Crippen molar-refractivity contribution in [2.45, 2.75) is 57.8 Å². The fraction of sp³-hybridized carbons (Fsp3) is 0.692. The van der Waals surface area contributed by atoms with Gasteiger partial charge in [0.15, 0.2) is 0 Å². The van der Waals surface area contributed by atoms with Crippen LogP contribution in [-0.2, 0) is 5.41 Å². The highest BCUT2D eigenvalue weighted by Gasteiger charge is 2.26. The zero-order valence-electron chi connectivity index (χ0n) is 10.7. The average molecular weight is 236 g/mol. The molecule has 0 unspecified atom stereocenters. The zero-order valence-corrected chi connectivity index (χ0v) is 10.7. The molecule has 2 rings (SSSR count). The van der Waals surface area contributed by atoms with E-state index in [0.29, 0.717) is 11.4 Å². The molecule has 0 amide bonds.